The minimum absolute atomic E-state index is 0.0302. The van der Waals surface area contributed by atoms with Crippen LogP contribution in [0.3, 0.4) is 0 Å². The van der Waals surface area contributed by atoms with Gasteiger partial charge in [0, 0.05) is 29.6 Å². The van der Waals surface area contributed by atoms with Crippen LogP contribution < -0.4 is 10.1 Å². The van der Waals surface area contributed by atoms with E-state index in [9.17, 15) is 4.79 Å². The molecule has 0 bridgehead atoms. The Morgan fingerprint density at radius 1 is 1.00 bits per heavy atom. The van der Waals surface area contributed by atoms with Gasteiger partial charge in [0.05, 0.1) is 13.7 Å². The molecule has 0 spiro atoms. The number of amides is 1. The Bertz CT molecular complexity index is 1400. The second-order valence-electron chi connectivity index (χ2n) is 8.44. The van der Waals surface area contributed by atoms with Gasteiger partial charge in [0.1, 0.15) is 18.4 Å². The lowest BCUT2D eigenvalue weighted by molar-refractivity contribution is -0.121. The molecule has 5 aromatic rings. The number of H-pyrrole nitrogens is 1. The number of nitrogens with one attached hydrogen (secondary N) is 2. The highest BCUT2D eigenvalue weighted by atomic mass is 16.5. The van der Waals surface area contributed by atoms with Crippen molar-refractivity contribution in [1.29, 1.82) is 0 Å². The predicted molar refractivity (Wildman–Crippen MR) is 136 cm³/mol. The van der Waals surface area contributed by atoms with Crippen molar-refractivity contribution in [1.82, 2.24) is 25.1 Å². The fourth-order valence-electron chi connectivity index (χ4n) is 4.26. The van der Waals surface area contributed by atoms with Crippen molar-refractivity contribution in [3.05, 3.63) is 102 Å². The van der Waals surface area contributed by atoms with Crippen LogP contribution in [0.2, 0.25) is 0 Å². The Balaban J connectivity index is 1.23. The number of aromatic amines is 1. The first-order chi connectivity index (χ1) is 17.2. The maximum Gasteiger partial charge on any atom is 0.220 e. The molecule has 0 aliphatic carbocycles. The molecule has 2 N–H and O–H groups in total. The van der Waals surface area contributed by atoms with Crippen molar-refractivity contribution < 1.29 is 9.53 Å². The molecule has 0 saturated carbocycles. The van der Waals surface area contributed by atoms with Gasteiger partial charge in [0.2, 0.25) is 5.91 Å². The maximum absolute atomic E-state index is 12.7. The predicted octanol–water partition coefficient (Wildman–Crippen LogP) is 4.73. The molecule has 7 nitrogen and oxygen atoms in total. The molecule has 2 aromatic heterocycles. The number of para-hydroxylation sites is 1. The van der Waals surface area contributed by atoms with E-state index in [1.54, 1.807) is 18.1 Å². The van der Waals surface area contributed by atoms with E-state index in [4.69, 9.17) is 4.74 Å². The number of carbonyl (C=O) groups is 1. The molecule has 176 valence electrons. The van der Waals surface area contributed by atoms with Crippen molar-refractivity contribution in [2.45, 2.75) is 25.9 Å². The standard InChI is InChI=1S/C28H27N5O2/c1-35-23-12-10-22(11-13-23)28-25(24-4-2-3-5-26(24)32-28)14-15-27(34)30-16-20-6-8-21(9-7-20)17-33-19-29-18-31-33/h2-13,18-19,32H,14-17H2,1H3,(H,30,34). The van der Waals surface area contributed by atoms with Crippen molar-refractivity contribution in [2.24, 2.45) is 0 Å². The van der Waals surface area contributed by atoms with E-state index in [1.807, 2.05) is 48.5 Å². The molecule has 5 rings (SSSR count). The van der Waals surface area contributed by atoms with Gasteiger partial charge in [0.15, 0.2) is 0 Å². The second-order valence-corrected chi connectivity index (χ2v) is 8.44. The van der Waals surface area contributed by atoms with Crippen LogP contribution >= 0.6 is 0 Å². The van der Waals surface area contributed by atoms with Gasteiger partial charge < -0.3 is 15.0 Å². The minimum Gasteiger partial charge on any atom is -0.497 e. The topological polar surface area (TPSA) is 84.8 Å². The molecule has 0 unspecified atom stereocenters. The molecule has 0 atom stereocenters. The van der Waals surface area contributed by atoms with Crippen LogP contribution in [0.15, 0.2) is 85.5 Å². The van der Waals surface area contributed by atoms with Crippen LogP contribution in [-0.2, 0) is 24.3 Å². The van der Waals surface area contributed by atoms with Crippen molar-refractivity contribution in [3.8, 4) is 17.0 Å². The zero-order valence-corrected chi connectivity index (χ0v) is 19.6. The Morgan fingerprint density at radius 3 is 2.51 bits per heavy atom. The Kier molecular flexibility index (Phi) is 6.57. The number of ether oxygens (including phenoxy) is 1. The lowest BCUT2D eigenvalue weighted by atomic mass is 10.0. The molecule has 2 heterocycles. The third-order valence-electron chi connectivity index (χ3n) is 6.12. The zero-order valence-electron chi connectivity index (χ0n) is 19.6. The van der Waals surface area contributed by atoms with Gasteiger partial charge in [0.25, 0.3) is 0 Å². The van der Waals surface area contributed by atoms with E-state index in [1.165, 1.54) is 6.33 Å². The quantitative estimate of drug-likeness (QED) is 0.330. The number of aryl methyl sites for hydroxylation is 1. The molecule has 0 aliphatic rings. The van der Waals surface area contributed by atoms with Crippen LogP contribution in [-0.4, -0.2) is 32.8 Å². The fourth-order valence-corrected chi connectivity index (χ4v) is 4.26. The summed E-state index contributed by atoms with van der Waals surface area (Å²) in [7, 11) is 1.66. The smallest absolute Gasteiger partial charge is 0.220 e. The minimum atomic E-state index is 0.0302. The summed E-state index contributed by atoms with van der Waals surface area (Å²) >= 11 is 0. The van der Waals surface area contributed by atoms with Gasteiger partial charge in [-0.15, -0.1) is 0 Å². The molecule has 3 aromatic carbocycles. The van der Waals surface area contributed by atoms with Gasteiger partial charge >= 0.3 is 0 Å². The van der Waals surface area contributed by atoms with E-state index in [0.29, 0.717) is 25.9 Å². The summed E-state index contributed by atoms with van der Waals surface area (Å²) < 4.78 is 7.08. The van der Waals surface area contributed by atoms with E-state index in [2.05, 4.69) is 44.6 Å². The van der Waals surface area contributed by atoms with Crippen LogP contribution in [0.1, 0.15) is 23.1 Å². The van der Waals surface area contributed by atoms with Gasteiger partial charge in [-0.3, -0.25) is 4.79 Å². The molecule has 0 radical (unpaired) electrons. The Hall–Kier alpha value is -4.39. The van der Waals surface area contributed by atoms with Crippen LogP contribution in [0.25, 0.3) is 22.2 Å². The summed E-state index contributed by atoms with van der Waals surface area (Å²) in [5, 5.41) is 8.33. The first kappa shape index (κ1) is 22.4. The summed E-state index contributed by atoms with van der Waals surface area (Å²) in [5.74, 6) is 0.847. The summed E-state index contributed by atoms with van der Waals surface area (Å²) in [6.07, 6.45) is 4.28. The lowest BCUT2D eigenvalue weighted by Crippen LogP contribution is -2.23. The number of hydrogen-bond donors (Lipinski definition) is 2. The monoisotopic (exact) mass is 465 g/mol. The first-order valence-electron chi connectivity index (χ1n) is 11.6. The Morgan fingerprint density at radius 2 is 1.77 bits per heavy atom. The van der Waals surface area contributed by atoms with Crippen LogP contribution in [0.5, 0.6) is 5.75 Å². The van der Waals surface area contributed by atoms with E-state index < -0.39 is 0 Å². The molecule has 0 fully saturated rings. The average Bonchev–Trinajstić information content (AvgIpc) is 3.55. The van der Waals surface area contributed by atoms with Gasteiger partial charge in [-0.25, -0.2) is 9.67 Å². The third kappa shape index (κ3) is 5.24. The van der Waals surface area contributed by atoms with E-state index >= 15 is 0 Å². The first-order valence-corrected chi connectivity index (χ1v) is 11.6. The summed E-state index contributed by atoms with van der Waals surface area (Å²) in [6, 6.07) is 24.4. The molecule has 1 amide bonds. The molecular weight excluding hydrogens is 438 g/mol. The van der Waals surface area contributed by atoms with Crippen molar-refractivity contribution >= 4 is 16.8 Å². The number of hydrogen-bond acceptors (Lipinski definition) is 4. The molecule has 0 aliphatic heterocycles. The second kappa shape index (κ2) is 10.3. The normalized spacial score (nSPS) is 11.0. The average molecular weight is 466 g/mol. The van der Waals surface area contributed by atoms with Gasteiger partial charge in [-0.1, -0.05) is 42.5 Å². The third-order valence-corrected chi connectivity index (χ3v) is 6.12. The Labute approximate surface area is 203 Å². The molecule has 35 heavy (non-hydrogen) atoms. The molecular formula is C28H27N5O2. The maximum atomic E-state index is 12.7. The molecule has 7 heteroatoms. The summed E-state index contributed by atoms with van der Waals surface area (Å²) in [5.41, 5.74) is 6.54. The summed E-state index contributed by atoms with van der Waals surface area (Å²) in [6.45, 7) is 1.18. The largest absolute Gasteiger partial charge is 0.497 e. The lowest BCUT2D eigenvalue weighted by Gasteiger charge is -2.09. The van der Waals surface area contributed by atoms with Crippen molar-refractivity contribution in [2.75, 3.05) is 7.11 Å². The highest BCUT2D eigenvalue weighted by molar-refractivity contribution is 5.91. The number of nitrogens with zero attached hydrogens (tertiary/aromatic N) is 3. The SMILES string of the molecule is COc1ccc(-c2[nH]c3ccccc3c2CCC(=O)NCc2ccc(Cn3cncn3)cc2)cc1. The number of methoxy groups -OCH3 is 1. The van der Waals surface area contributed by atoms with Gasteiger partial charge in [-0.05, 0) is 59.0 Å². The number of benzene rings is 3. The highest BCUT2D eigenvalue weighted by Crippen LogP contribution is 2.32. The number of fused-ring (bicyclic) bond motifs is 1. The fraction of sp³-hybridized carbons (Fsp3) is 0.179. The number of rotatable bonds is 9. The number of aromatic nitrogens is 4. The van der Waals surface area contributed by atoms with E-state index in [0.717, 1.165) is 44.6 Å². The highest BCUT2D eigenvalue weighted by Gasteiger charge is 2.14. The van der Waals surface area contributed by atoms with Crippen LogP contribution in [0, 0.1) is 0 Å². The van der Waals surface area contributed by atoms with Crippen molar-refractivity contribution in [3.63, 3.8) is 0 Å². The summed E-state index contributed by atoms with van der Waals surface area (Å²) in [4.78, 5) is 20.2. The van der Waals surface area contributed by atoms with Crippen LogP contribution in [0.4, 0.5) is 0 Å². The van der Waals surface area contributed by atoms with Gasteiger partial charge in [-0.2, -0.15) is 5.10 Å². The zero-order chi connectivity index (χ0) is 24.0. The molecule has 0 saturated heterocycles. The van der Waals surface area contributed by atoms with E-state index in [-0.39, 0.29) is 5.91 Å². The number of carbonyl (C=O) groups excluding carboxylic acids is 1.